The molecule has 0 bridgehead atoms. The number of nitrogens with zero attached hydrogens (tertiary/aromatic N) is 2. The molecule has 0 fully saturated rings. The van der Waals surface area contributed by atoms with E-state index < -0.39 is 5.97 Å². The fraction of sp³-hybridized carbons (Fsp3) is 0.108. The molecular formula is C37H30N2O5. The van der Waals surface area contributed by atoms with Crippen LogP contribution in [-0.2, 0) is 13.0 Å². The van der Waals surface area contributed by atoms with E-state index in [9.17, 15) is 14.7 Å². The van der Waals surface area contributed by atoms with Gasteiger partial charge in [-0.15, -0.1) is 0 Å². The minimum Gasteiger partial charge on any atom is -0.478 e. The SMILES string of the molecule is CCCc1nc2cc(Oc3ccccc3)c(=O)c(Oc3ccccc3)cc2n1Cc1ccc(-c2ccccc2C(=O)O)cc1. The van der Waals surface area contributed by atoms with Crippen LogP contribution >= 0.6 is 0 Å². The van der Waals surface area contributed by atoms with Gasteiger partial charge >= 0.3 is 5.97 Å². The zero-order valence-corrected chi connectivity index (χ0v) is 24.1. The number of carbonyl (C=O) groups is 1. The second kappa shape index (κ2) is 12.7. The quantitative estimate of drug-likeness (QED) is 0.175. The third kappa shape index (κ3) is 6.08. The summed E-state index contributed by atoms with van der Waals surface area (Å²) in [6.45, 7) is 2.59. The third-order valence-electron chi connectivity index (χ3n) is 7.28. The maximum Gasteiger partial charge on any atom is 0.336 e. The molecule has 0 saturated carbocycles. The van der Waals surface area contributed by atoms with E-state index in [1.807, 2.05) is 72.8 Å². The number of imidazole rings is 1. The molecule has 7 heteroatoms. The van der Waals surface area contributed by atoms with Gasteiger partial charge in [-0.2, -0.15) is 0 Å². The molecule has 0 saturated heterocycles. The van der Waals surface area contributed by atoms with E-state index in [0.717, 1.165) is 35.3 Å². The van der Waals surface area contributed by atoms with Crippen molar-refractivity contribution in [2.45, 2.75) is 26.3 Å². The van der Waals surface area contributed by atoms with Gasteiger partial charge in [0, 0.05) is 25.1 Å². The summed E-state index contributed by atoms with van der Waals surface area (Å²) in [4.78, 5) is 30.5. The Morgan fingerprint density at radius 1 is 0.773 bits per heavy atom. The molecule has 1 N–H and O–H groups in total. The molecule has 5 aromatic carbocycles. The molecule has 6 aromatic rings. The summed E-state index contributed by atoms with van der Waals surface area (Å²) >= 11 is 0. The Bertz CT molecular complexity index is 1990. The number of hydrogen-bond donors (Lipinski definition) is 1. The second-order valence-electron chi connectivity index (χ2n) is 10.4. The third-order valence-corrected chi connectivity index (χ3v) is 7.28. The Balaban J connectivity index is 1.45. The summed E-state index contributed by atoms with van der Waals surface area (Å²) in [7, 11) is 0. The molecule has 0 unspecified atom stereocenters. The van der Waals surface area contributed by atoms with Crippen molar-refractivity contribution in [2.24, 2.45) is 0 Å². The lowest BCUT2D eigenvalue weighted by Gasteiger charge is -2.11. The molecule has 1 heterocycles. The van der Waals surface area contributed by atoms with Crippen molar-refractivity contribution < 1.29 is 19.4 Å². The van der Waals surface area contributed by atoms with E-state index in [0.29, 0.717) is 29.1 Å². The largest absolute Gasteiger partial charge is 0.478 e. The molecule has 0 radical (unpaired) electrons. The fourth-order valence-electron chi connectivity index (χ4n) is 5.16. The highest BCUT2D eigenvalue weighted by atomic mass is 16.5. The summed E-state index contributed by atoms with van der Waals surface area (Å²) in [5.41, 5.74) is 3.70. The van der Waals surface area contributed by atoms with Gasteiger partial charge in [-0.3, -0.25) is 4.79 Å². The van der Waals surface area contributed by atoms with E-state index in [1.54, 1.807) is 48.5 Å². The number of benzene rings is 4. The Morgan fingerprint density at radius 2 is 1.36 bits per heavy atom. The van der Waals surface area contributed by atoms with E-state index in [1.165, 1.54) is 0 Å². The topological polar surface area (TPSA) is 90.7 Å². The van der Waals surface area contributed by atoms with Crippen LogP contribution in [0.4, 0.5) is 0 Å². The summed E-state index contributed by atoms with van der Waals surface area (Å²) in [6.07, 6.45) is 1.62. The summed E-state index contributed by atoms with van der Waals surface area (Å²) in [5.74, 6) is 1.22. The zero-order chi connectivity index (χ0) is 30.5. The Kier molecular flexibility index (Phi) is 8.19. The number of carboxylic acids is 1. The number of ether oxygens (including phenoxy) is 2. The fourth-order valence-corrected chi connectivity index (χ4v) is 5.16. The number of carboxylic acid groups (broad SMARTS) is 1. The van der Waals surface area contributed by atoms with Crippen molar-refractivity contribution in [3.63, 3.8) is 0 Å². The number of aromatic nitrogens is 2. The van der Waals surface area contributed by atoms with E-state index in [-0.39, 0.29) is 22.5 Å². The van der Waals surface area contributed by atoms with Crippen LogP contribution in [0.1, 0.15) is 35.1 Å². The van der Waals surface area contributed by atoms with E-state index in [2.05, 4.69) is 11.5 Å². The van der Waals surface area contributed by atoms with Crippen LogP contribution in [-0.4, -0.2) is 20.6 Å². The van der Waals surface area contributed by atoms with Crippen molar-refractivity contribution >= 4 is 17.0 Å². The van der Waals surface area contributed by atoms with Crippen LogP contribution in [0.3, 0.4) is 0 Å². The van der Waals surface area contributed by atoms with Crippen molar-refractivity contribution in [2.75, 3.05) is 0 Å². The first-order valence-electron chi connectivity index (χ1n) is 14.4. The molecule has 0 amide bonds. The van der Waals surface area contributed by atoms with Crippen LogP contribution in [0.25, 0.3) is 22.2 Å². The van der Waals surface area contributed by atoms with Crippen LogP contribution < -0.4 is 14.9 Å². The number of para-hydroxylation sites is 2. The van der Waals surface area contributed by atoms with Crippen molar-refractivity contribution in [1.29, 1.82) is 0 Å². The van der Waals surface area contributed by atoms with E-state index >= 15 is 0 Å². The second-order valence-corrected chi connectivity index (χ2v) is 10.4. The lowest BCUT2D eigenvalue weighted by molar-refractivity contribution is 0.0697. The van der Waals surface area contributed by atoms with Gasteiger partial charge in [0.15, 0.2) is 11.5 Å². The van der Waals surface area contributed by atoms with Crippen LogP contribution in [0.5, 0.6) is 23.0 Å². The summed E-state index contributed by atoms with van der Waals surface area (Å²) in [6, 6.07) is 36.6. The first-order valence-corrected chi connectivity index (χ1v) is 14.4. The highest BCUT2D eigenvalue weighted by Gasteiger charge is 2.18. The average molecular weight is 583 g/mol. The maximum atomic E-state index is 13.8. The Morgan fingerprint density at radius 3 is 1.98 bits per heavy atom. The molecule has 6 rings (SSSR count). The molecule has 1 aromatic heterocycles. The van der Waals surface area contributed by atoms with Crippen molar-refractivity contribution in [1.82, 2.24) is 9.55 Å². The van der Waals surface area contributed by atoms with Gasteiger partial charge in [0.1, 0.15) is 17.3 Å². The average Bonchev–Trinajstić information content (AvgIpc) is 3.29. The van der Waals surface area contributed by atoms with Crippen LogP contribution in [0.2, 0.25) is 0 Å². The van der Waals surface area contributed by atoms with E-state index in [4.69, 9.17) is 14.5 Å². The van der Waals surface area contributed by atoms with Crippen LogP contribution in [0, 0.1) is 0 Å². The smallest absolute Gasteiger partial charge is 0.336 e. The zero-order valence-electron chi connectivity index (χ0n) is 24.1. The van der Waals surface area contributed by atoms with Gasteiger partial charge in [0.25, 0.3) is 5.43 Å². The van der Waals surface area contributed by atoms with Gasteiger partial charge in [0.05, 0.1) is 16.6 Å². The van der Waals surface area contributed by atoms with Crippen molar-refractivity contribution in [3.8, 4) is 34.1 Å². The van der Waals surface area contributed by atoms with Gasteiger partial charge < -0.3 is 19.1 Å². The standard InChI is InChI=1S/C37H30N2O5/c1-2-11-35-38-31-22-33(43-27-12-5-3-6-13-27)36(40)34(44-28-14-7-4-8-15-28)23-32(31)39(35)24-25-18-20-26(21-19-25)29-16-9-10-17-30(29)37(41)42/h3-10,12-23H,2,11,24H2,1H3,(H,41,42). The molecule has 218 valence electrons. The van der Waals surface area contributed by atoms with Gasteiger partial charge in [-0.1, -0.05) is 85.8 Å². The van der Waals surface area contributed by atoms with Gasteiger partial charge in [-0.25, -0.2) is 9.78 Å². The molecule has 0 aliphatic rings. The molecule has 0 aliphatic carbocycles. The molecule has 0 spiro atoms. The minimum absolute atomic E-state index is 0.117. The Labute approximate surface area is 254 Å². The number of rotatable bonds is 10. The first-order chi connectivity index (χ1) is 21.5. The normalized spacial score (nSPS) is 10.9. The maximum absolute atomic E-state index is 13.8. The van der Waals surface area contributed by atoms with Crippen molar-refractivity contribution in [3.05, 3.63) is 149 Å². The lowest BCUT2D eigenvalue weighted by atomic mass is 9.99. The molecular weight excluding hydrogens is 552 g/mol. The number of hydrogen-bond acceptors (Lipinski definition) is 5. The number of fused-ring (bicyclic) bond motifs is 1. The number of aromatic carboxylic acids is 1. The predicted octanol–water partition coefficient (Wildman–Crippen LogP) is 8.35. The number of aryl methyl sites for hydroxylation is 1. The Hall–Kier alpha value is -5.69. The van der Waals surface area contributed by atoms with Crippen LogP contribution in [0.15, 0.2) is 126 Å². The van der Waals surface area contributed by atoms with Gasteiger partial charge in [-0.05, 0) is 53.4 Å². The van der Waals surface area contributed by atoms with Gasteiger partial charge in [0.2, 0.25) is 0 Å². The lowest BCUT2D eigenvalue weighted by Crippen LogP contribution is -2.07. The molecule has 44 heavy (non-hydrogen) atoms. The monoisotopic (exact) mass is 582 g/mol. The highest BCUT2D eigenvalue weighted by molar-refractivity contribution is 5.96. The predicted molar refractivity (Wildman–Crippen MR) is 171 cm³/mol. The summed E-state index contributed by atoms with van der Waals surface area (Å²) in [5, 5.41) is 9.64. The highest BCUT2D eigenvalue weighted by Crippen LogP contribution is 2.29. The first kappa shape index (κ1) is 28.4. The molecule has 0 atom stereocenters. The molecule has 0 aliphatic heterocycles. The minimum atomic E-state index is -0.964. The summed E-state index contributed by atoms with van der Waals surface area (Å²) < 4.78 is 14.3. The molecule has 7 nitrogen and oxygen atoms in total.